The Morgan fingerprint density at radius 3 is 1.57 bits per heavy atom. The first-order valence-electron chi connectivity index (χ1n) is 1.92. The summed E-state index contributed by atoms with van der Waals surface area (Å²) >= 11 is 0. The molecule has 0 aromatic rings. The molecule has 0 bridgehead atoms. The molecule has 0 spiro atoms. The maximum Gasteiger partial charge on any atom is 0 e. The zero-order chi connectivity index (χ0) is 5.41. The second kappa shape index (κ2) is 31.3. The van der Waals surface area contributed by atoms with E-state index < -0.39 is 0 Å². The van der Waals surface area contributed by atoms with Crippen LogP contribution in [0.1, 0.15) is 13.8 Å². The van der Waals surface area contributed by atoms with Crippen molar-refractivity contribution in [2.45, 2.75) is 13.8 Å². The SMILES string of the molecule is CC.[CH-]=CC=[N-].[Y]. The maximum absolute atomic E-state index is 7.57. The van der Waals surface area contributed by atoms with Crippen LogP contribution >= 0.6 is 0 Å². The van der Waals surface area contributed by atoms with Crippen LogP contribution < -0.4 is 0 Å². The molecule has 2 heteroatoms. The predicted molar refractivity (Wildman–Crippen MR) is 29.6 cm³/mol. The van der Waals surface area contributed by atoms with Gasteiger partial charge in [0, 0.05) is 32.7 Å². The molecular weight excluding hydrogens is 163 g/mol. The first kappa shape index (κ1) is 15.6. The Hall–Kier alpha value is 0.514. The van der Waals surface area contributed by atoms with E-state index in [-0.39, 0.29) is 32.7 Å². The van der Waals surface area contributed by atoms with Gasteiger partial charge in [-0.3, -0.25) is 12.7 Å². The smallest absolute Gasteiger partial charge is 0 e. The van der Waals surface area contributed by atoms with Gasteiger partial charge in [-0.25, -0.2) is 0 Å². The van der Waals surface area contributed by atoms with Gasteiger partial charge in [0.25, 0.3) is 0 Å². The van der Waals surface area contributed by atoms with Crippen molar-refractivity contribution in [3.8, 4) is 0 Å². The van der Waals surface area contributed by atoms with Crippen LogP contribution in [-0.4, -0.2) is 6.21 Å². The predicted octanol–water partition coefficient (Wildman–Crippen LogP) is 1.64. The van der Waals surface area contributed by atoms with Gasteiger partial charge < -0.3 is 11.6 Å². The Bertz CT molecular complexity index is 29.1. The molecule has 0 aromatic heterocycles. The van der Waals surface area contributed by atoms with E-state index in [4.69, 9.17) is 5.41 Å². The first-order chi connectivity index (χ1) is 2.91. The minimum Gasteiger partial charge on any atom is -0.911 e. The molecule has 39 valence electrons. The largest absolute Gasteiger partial charge is 0.911 e. The summed E-state index contributed by atoms with van der Waals surface area (Å²) in [5.41, 5.74) is 0. The number of hydrogen-bond acceptors (Lipinski definition) is 0. The zero-order valence-electron chi connectivity index (χ0n) is 4.76. The normalized spacial score (nSPS) is 3.71. The third-order valence-corrected chi connectivity index (χ3v) is 0.0861. The van der Waals surface area contributed by atoms with E-state index in [1.54, 1.807) is 0 Å². The molecule has 0 atom stereocenters. The van der Waals surface area contributed by atoms with Crippen LogP contribution in [0.3, 0.4) is 0 Å². The molecule has 0 aromatic carbocycles. The van der Waals surface area contributed by atoms with E-state index in [1.807, 2.05) is 13.8 Å². The zero-order valence-corrected chi connectivity index (χ0v) is 7.59. The second-order valence-electron chi connectivity index (χ2n) is 0.342. The summed E-state index contributed by atoms with van der Waals surface area (Å²) in [5, 5.41) is 7.57. The number of nitrogens with zero attached hydrogens (tertiary/aromatic N) is 1. The summed E-state index contributed by atoms with van der Waals surface area (Å²) in [5.74, 6) is 0. The van der Waals surface area contributed by atoms with Crippen LogP contribution in [0.25, 0.3) is 5.41 Å². The number of allylic oxidation sites excluding steroid dienone is 1. The molecule has 0 saturated carbocycles. The van der Waals surface area contributed by atoms with Gasteiger partial charge in [-0.15, -0.1) is 0 Å². The molecule has 0 heterocycles. The summed E-state index contributed by atoms with van der Waals surface area (Å²) in [6.07, 6.45) is 1.83. The molecular formula is C5H9NY-2. The molecule has 0 aliphatic rings. The summed E-state index contributed by atoms with van der Waals surface area (Å²) in [6, 6.07) is 0. The van der Waals surface area contributed by atoms with Gasteiger partial charge >= 0.3 is 0 Å². The summed E-state index contributed by atoms with van der Waals surface area (Å²) in [6.45, 7) is 8.60. The van der Waals surface area contributed by atoms with Crippen molar-refractivity contribution in [1.82, 2.24) is 0 Å². The van der Waals surface area contributed by atoms with Crippen molar-refractivity contribution in [1.29, 1.82) is 0 Å². The molecule has 7 heavy (non-hydrogen) atoms. The maximum atomic E-state index is 7.57. The molecule has 0 rings (SSSR count). The van der Waals surface area contributed by atoms with E-state index in [1.165, 1.54) is 0 Å². The van der Waals surface area contributed by atoms with Crippen molar-refractivity contribution in [2.75, 3.05) is 0 Å². The first-order valence-corrected chi connectivity index (χ1v) is 1.92. The van der Waals surface area contributed by atoms with Gasteiger partial charge in [0.1, 0.15) is 0 Å². The fourth-order valence-corrected chi connectivity index (χ4v) is 0. The average Bonchev–Trinajstić information content (AvgIpc) is 1.72. The van der Waals surface area contributed by atoms with E-state index >= 15 is 0 Å². The molecule has 0 saturated heterocycles. The van der Waals surface area contributed by atoms with Crippen molar-refractivity contribution in [3.63, 3.8) is 0 Å². The standard InChI is InChI=1S/C3H3N.C2H6.Y/c1-2-3-4;1-2;/h1-3H;1-2H3;/q-2;;. The number of rotatable bonds is 1. The van der Waals surface area contributed by atoms with E-state index in [2.05, 4.69) is 6.58 Å². The van der Waals surface area contributed by atoms with E-state index in [0.29, 0.717) is 0 Å². The topological polar surface area (TPSA) is 22.3 Å². The minimum atomic E-state index is 0. The molecule has 0 aliphatic carbocycles. The van der Waals surface area contributed by atoms with E-state index in [0.717, 1.165) is 12.3 Å². The van der Waals surface area contributed by atoms with Crippen molar-refractivity contribution in [3.05, 3.63) is 18.1 Å². The molecule has 0 fully saturated rings. The van der Waals surface area contributed by atoms with Crippen molar-refractivity contribution in [2.24, 2.45) is 0 Å². The van der Waals surface area contributed by atoms with Gasteiger partial charge in [-0.1, -0.05) is 13.8 Å². The van der Waals surface area contributed by atoms with Gasteiger partial charge in [-0.05, 0) is 0 Å². The van der Waals surface area contributed by atoms with Gasteiger partial charge in [0.2, 0.25) is 0 Å². The van der Waals surface area contributed by atoms with Crippen molar-refractivity contribution < 1.29 is 32.7 Å². The monoisotopic (exact) mass is 172 g/mol. The quantitative estimate of drug-likeness (QED) is 0.423. The molecule has 1 radical (unpaired) electrons. The van der Waals surface area contributed by atoms with E-state index in [9.17, 15) is 0 Å². The minimum absolute atomic E-state index is 0. The van der Waals surface area contributed by atoms with Gasteiger partial charge in [0.15, 0.2) is 0 Å². The Kier molecular flexibility index (Phi) is 70.1. The van der Waals surface area contributed by atoms with Crippen LogP contribution in [0.15, 0.2) is 6.08 Å². The Balaban J connectivity index is -0.0000000480. The molecule has 0 unspecified atom stereocenters. The Morgan fingerprint density at radius 2 is 1.57 bits per heavy atom. The summed E-state index contributed by atoms with van der Waals surface area (Å²) < 4.78 is 0. The van der Waals surface area contributed by atoms with Crippen LogP contribution in [0.2, 0.25) is 0 Å². The third-order valence-electron chi connectivity index (χ3n) is 0.0861. The van der Waals surface area contributed by atoms with Crippen LogP contribution in [0, 0.1) is 6.58 Å². The van der Waals surface area contributed by atoms with Gasteiger partial charge in [-0.2, -0.15) is 0 Å². The average molecular weight is 172 g/mol. The molecule has 0 N–H and O–H groups in total. The van der Waals surface area contributed by atoms with Crippen molar-refractivity contribution >= 4 is 6.21 Å². The Labute approximate surface area is 70.6 Å². The van der Waals surface area contributed by atoms with Crippen LogP contribution in [0.4, 0.5) is 0 Å². The van der Waals surface area contributed by atoms with Crippen LogP contribution in [-0.2, 0) is 32.7 Å². The van der Waals surface area contributed by atoms with Gasteiger partial charge in [0.05, 0.1) is 0 Å². The number of hydrogen-bond donors (Lipinski definition) is 0. The Morgan fingerprint density at radius 1 is 1.43 bits per heavy atom. The molecule has 1 nitrogen and oxygen atoms in total. The fourth-order valence-electron chi connectivity index (χ4n) is 0. The fraction of sp³-hybridized carbons (Fsp3) is 0.400. The molecule has 0 aliphatic heterocycles. The summed E-state index contributed by atoms with van der Waals surface area (Å²) in [7, 11) is 0. The summed E-state index contributed by atoms with van der Waals surface area (Å²) in [4.78, 5) is 0. The molecule has 0 amide bonds. The van der Waals surface area contributed by atoms with Crippen LogP contribution in [0.5, 0.6) is 0 Å². The second-order valence-corrected chi connectivity index (χ2v) is 0.342. The third kappa shape index (κ3) is 57.9.